The fourth-order valence-electron chi connectivity index (χ4n) is 2.30. The lowest BCUT2D eigenvalue weighted by molar-refractivity contribution is -0.121. The molecule has 1 heterocycles. The summed E-state index contributed by atoms with van der Waals surface area (Å²) in [6.07, 6.45) is 5.22. The van der Waals surface area contributed by atoms with E-state index in [0.29, 0.717) is 18.9 Å². The molecule has 1 aromatic heterocycles. The monoisotopic (exact) mass is 265 g/mol. The number of hydrogen-bond acceptors (Lipinski definition) is 3. The maximum Gasteiger partial charge on any atom is 0.220 e. The zero-order valence-corrected chi connectivity index (χ0v) is 11.5. The molecule has 1 amide bonds. The summed E-state index contributed by atoms with van der Waals surface area (Å²) in [7, 11) is 0. The van der Waals surface area contributed by atoms with E-state index >= 15 is 0 Å². The van der Waals surface area contributed by atoms with Gasteiger partial charge in [-0.1, -0.05) is 12.8 Å². The van der Waals surface area contributed by atoms with Crippen LogP contribution in [0.4, 0.5) is 0 Å². The highest BCUT2D eigenvalue weighted by Gasteiger charge is 2.18. The number of carbonyl (C=O) groups is 2. The number of ketones is 1. The van der Waals surface area contributed by atoms with E-state index in [1.54, 1.807) is 0 Å². The molecule has 0 atom stereocenters. The lowest BCUT2D eigenvalue weighted by atomic mass is 10.1. The summed E-state index contributed by atoms with van der Waals surface area (Å²) in [5.74, 6) is 0.0956. The van der Waals surface area contributed by atoms with Crippen molar-refractivity contribution in [1.29, 1.82) is 0 Å². The van der Waals surface area contributed by atoms with E-state index in [4.69, 9.17) is 0 Å². The van der Waals surface area contributed by atoms with Gasteiger partial charge in [0.25, 0.3) is 0 Å². The molecule has 0 radical (unpaired) electrons. The largest absolute Gasteiger partial charge is 0.353 e. The molecule has 0 aromatic carbocycles. The fourth-order valence-corrected chi connectivity index (χ4v) is 3.14. The Kier molecular flexibility index (Phi) is 4.53. The summed E-state index contributed by atoms with van der Waals surface area (Å²) >= 11 is 1.50. The molecule has 0 spiro atoms. The number of Topliss-reactive ketones (excluding diaryl/α,β-unsaturated/α-hetero) is 1. The molecule has 18 heavy (non-hydrogen) atoms. The van der Waals surface area contributed by atoms with Crippen LogP contribution in [0.15, 0.2) is 12.1 Å². The smallest absolute Gasteiger partial charge is 0.220 e. The summed E-state index contributed by atoms with van der Waals surface area (Å²) < 4.78 is 0. The average molecular weight is 265 g/mol. The Morgan fingerprint density at radius 2 is 2.00 bits per heavy atom. The number of amides is 1. The molecule has 4 heteroatoms. The second-order valence-electron chi connectivity index (χ2n) is 4.88. The zero-order valence-electron chi connectivity index (χ0n) is 10.7. The molecule has 1 N–H and O–H groups in total. The van der Waals surface area contributed by atoms with Crippen molar-refractivity contribution >= 4 is 23.0 Å². The summed E-state index contributed by atoms with van der Waals surface area (Å²) in [5.41, 5.74) is 0. The highest BCUT2D eigenvalue weighted by Crippen LogP contribution is 2.19. The second-order valence-corrected chi connectivity index (χ2v) is 6.17. The molecule has 1 fully saturated rings. The summed E-state index contributed by atoms with van der Waals surface area (Å²) in [4.78, 5) is 25.4. The minimum Gasteiger partial charge on any atom is -0.353 e. The standard InChI is InChI=1S/C14H19NO2S/c1-10-6-8-13(18-10)12(16)7-9-14(17)15-11-4-2-3-5-11/h6,8,11H,2-5,7,9H2,1H3,(H,15,17). The first-order valence-corrected chi connectivity index (χ1v) is 7.36. The van der Waals surface area contributed by atoms with Gasteiger partial charge < -0.3 is 5.32 Å². The van der Waals surface area contributed by atoms with Crippen molar-refractivity contribution in [2.24, 2.45) is 0 Å². The zero-order chi connectivity index (χ0) is 13.0. The Morgan fingerprint density at radius 1 is 1.28 bits per heavy atom. The average Bonchev–Trinajstić information content (AvgIpc) is 2.97. The van der Waals surface area contributed by atoms with E-state index in [0.717, 1.165) is 22.6 Å². The Labute approximate surface area is 112 Å². The third-order valence-electron chi connectivity index (χ3n) is 3.31. The van der Waals surface area contributed by atoms with Crippen molar-refractivity contribution in [1.82, 2.24) is 5.32 Å². The lowest BCUT2D eigenvalue weighted by Crippen LogP contribution is -2.32. The van der Waals surface area contributed by atoms with Crippen LogP contribution in [-0.2, 0) is 4.79 Å². The summed E-state index contributed by atoms with van der Waals surface area (Å²) in [5, 5.41) is 3.00. The van der Waals surface area contributed by atoms with Crippen molar-refractivity contribution in [2.75, 3.05) is 0 Å². The van der Waals surface area contributed by atoms with Crippen LogP contribution in [0.2, 0.25) is 0 Å². The number of thiophene rings is 1. The first-order valence-electron chi connectivity index (χ1n) is 6.54. The van der Waals surface area contributed by atoms with Gasteiger partial charge in [-0.05, 0) is 31.9 Å². The van der Waals surface area contributed by atoms with Crippen molar-refractivity contribution in [2.45, 2.75) is 51.5 Å². The number of aryl methyl sites for hydroxylation is 1. The van der Waals surface area contributed by atoms with Gasteiger partial charge in [-0.2, -0.15) is 0 Å². The lowest BCUT2D eigenvalue weighted by Gasteiger charge is -2.11. The predicted molar refractivity (Wildman–Crippen MR) is 73.0 cm³/mol. The SMILES string of the molecule is Cc1ccc(C(=O)CCC(=O)NC2CCCC2)s1. The van der Waals surface area contributed by atoms with Gasteiger partial charge >= 0.3 is 0 Å². The maximum atomic E-state index is 11.8. The first-order chi connectivity index (χ1) is 8.65. The number of hydrogen-bond donors (Lipinski definition) is 1. The Hall–Kier alpha value is -1.16. The Morgan fingerprint density at radius 3 is 2.61 bits per heavy atom. The van der Waals surface area contributed by atoms with Crippen LogP contribution in [0.25, 0.3) is 0 Å². The minimum absolute atomic E-state index is 0.0172. The van der Waals surface area contributed by atoms with Crippen LogP contribution in [0.1, 0.15) is 53.1 Å². The molecule has 1 saturated carbocycles. The molecular formula is C14H19NO2S. The first kappa shape index (κ1) is 13.3. The van der Waals surface area contributed by atoms with E-state index in [-0.39, 0.29) is 11.7 Å². The van der Waals surface area contributed by atoms with Crippen LogP contribution in [0.3, 0.4) is 0 Å². The molecule has 0 bridgehead atoms. The summed E-state index contributed by atoms with van der Waals surface area (Å²) in [6, 6.07) is 4.13. The number of rotatable bonds is 5. The van der Waals surface area contributed by atoms with Crippen LogP contribution < -0.4 is 5.32 Å². The second kappa shape index (κ2) is 6.14. The molecule has 1 aliphatic rings. The van der Waals surface area contributed by atoms with Crippen molar-refractivity contribution in [3.05, 3.63) is 21.9 Å². The predicted octanol–water partition coefficient (Wildman–Crippen LogP) is 3.08. The van der Waals surface area contributed by atoms with Crippen molar-refractivity contribution < 1.29 is 9.59 Å². The molecule has 1 aromatic rings. The Balaban J connectivity index is 1.73. The molecule has 2 rings (SSSR count). The molecular weight excluding hydrogens is 246 g/mol. The van der Waals surface area contributed by atoms with Crippen LogP contribution in [0.5, 0.6) is 0 Å². The quantitative estimate of drug-likeness (QED) is 0.832. The highest BCUT2D eigenvalue weighted by molar-refractivity contribution is 7.14. The van der Waals surface area contributed by atoms with Gasteiger partial charge in [0, 0.05) is 23.8 Å². The van der Waals surface area contributed by atoms with Crippen LogP contribution in [0, 0.1) is 6.92 Å². The van der Waals surface area contributed by atoms with Gasteiger partial charge in [-0.15, -0.1) is 11.3 Å². The van der Waals surface area contributed by atoms with Gasteiger partial charge in [0.1, 0.15) is 0 Å². The van der Waals surface area contributed by atoms with Gasteiger partial charge in [-0.3, -0.25) is 9.59 Å². The van der Waals surface area contributed by atoms with Gasteiger partial charge in [0.2, 0.25) is 5.91 Å². The Bertz CT molecular complexity index is 433. The normalized spacial score (nSPS) is 15.8. The fraction of sp³-hybridized carbons (Fsp3) is 0.571. The molecule has 0 aliphatic heterocycles. The molecule has 0 unspecified atom stereocenters. The molecule has 3 nitrogen and oxygen atoms in total. The minimum atomic E-state index is 0.0172. The van der Waals surface area contributed by atoms with Crippen molar-refractivity contribution in [3.63, 3.8) is 0 Å². The maximum absolute atomic E-state index is 11.8. The van der Waals surface area contributed by atoms with Gasteiger partial charge in [0.05, 0.1) is 4.88 Å². The third-order valence-corrected chi connectivity index (χ3v) is 4.36. The van der Waals surface area contributed by atoms with E-state index in [1.165, 1.54) is 24.2 Å². The van der Waals surface area contributed by atoms with E-state index in [1.807, 2.05) is 19.1 Å². The third kappa shape index (κ3) is 3.67. The van der Waals surface area contributed by atoms with E-state index in [2.05, 4.69) is 5.32 Å². The van der Waals surface area contributed by atoms with E-state index in [9.17, 15) is 9.59 Å². The van der Waals surface area contributed by atoms with E-state index < -0.39 is 0 Å². The molecule has 98 valence electrons. The molecule has 1 aliphatic carbocycles. The number of nitrogens with one attached hydrogen (secondary N) is 1. The van der Waals surface area contributed by atoms with Crippen LogP contribution in [-0.4, -0.2) is 17.7 Å². The highest BCUT2D eigenvalue weighted by atomic mass is 32.1. The molecule has 0 saturated heterocycles. The summed E-state index contributed by atoms with van der Waals surface area (Å²) in [6.45, 7) is 1.98. The number of carbonyl (C=O) groups excluding carboxylic acids is 2. The van der Waals surface area contributed by atoms with Crippen molar-refractivity contribution in [3.8, 4) is 0 Å². The topological polar surface area (TPSA) is 46.2 Å². The van der Waals surface area contributed by atoms with Gasteiger partial charge in [-0.25, -0.2) is 0 Å². The van der Waals surface area contributed by atoms with Crippen LogP contribution >= 0.6 is 11.3 Å². The van der Waals surface area contributed by atoms with Gasteiger partial charge in [0.15, 0.2) is 5.78 Å².